The number of phenolic OH excluding ortho intramolecular Hbond substituents is 1. The smallest absolute Gasteiger partial charge is 0.295 e. The predicted octanol–water partition coefficient (Wildman–Crippen LogP) is 5.31. The fourth-order valence-corrected chi connectivity index (χ4v) is 4.93. The summed E-state index contributed by atoms with van der Waals surface area (Å²) in [7, 11) is 1.43. The van der Waals surface area contributed by atoms with E-state index in [0.717, 1.165) is 20.9 Å². The standard InChI is InChI=1S/C28H23BrN2O5/c1-36-23-14-17(8-11-22(23)32)25-24(26(33)16-6-9-19(29)10-7-16)27(34)28(35)31(25)13-12-18-15-30-21-5-3-2-4-20(18)21/h2-11,14-15,25,30,32-33H,12-13H2,1H3/b26-24+. The van der Waals surface area contributed by atoms with Gasteiger partial charge in [-0.3, -0.25) is 9.59 Å². The third-order valence-electron chi connectivity index (χ3n) is 6.47. The van der Waals surface area contributed by atoms with Crippen LogP contribution in [0, 0.1) is 0 Å². The number of para-hydroxylation sites is 1. The Labute approximate surface area is 215 Å². The van der Waals surface area contributed by atoms with Gasteiger partial charge in [-0.25, -0.2) is 0 Å². The van der Waals surface area contributed by atoms with E-state index in [4.69, 9.17) is 4.74 Å². The Bertz CT molecular complexity index is 1510. The number of ether oxygens (including phenoxy) is 1. The summed E-state index contributed by atoms with van der Waals surface area (Å²) in [6.45, 7) is 0.247. The first-order chi connectivity index (χ1) is 17.4. The number of Topliss-reactive ketones (excluding diaryl/α,β-unsaturated/α-hetero) is 1. The summed E-state index contributed by atoms with van der Waals surface area (Å²) in [5.74, 6) is -1.56. The van der Waals surface area contributed by atoms with Crippen LogP contribution in [0.3, 0.4) is 0 Å². The maximum atomic E-state index is 13.3. The zero-order valence-corrected chi connectivity index (χ0v) is 21.0. The molecule has 1 aromatic heterocycles. The Balaban J connectivity index is 1.59. The first kappa shape index (κ1) is 23.7. The van der Waals surface area contributed by atoms with Crippen molar-refractivity contribution in [2.24, 2.45) is 0 Å². The van der Waals surface area contributed by atoms with Gasteiger partial charge in [0, 0.05) is 33.7 Å². The van der Waals surface area contributed by atoms with Crippen LogP contribution in [0.15, 0.2) is 83.0 Å². The Morgan fingerprint density at radius 2 is 1.83 bits per heavy atom. The summed E-state index contributed by atoms with van der Waals surface area (Å²) in [4.78, 5) is 31.2. The van der Waals surface area contributed by atoms with Crippen LogP contribution in [0.4, 0.5) is 0 Å². The highest BCUT2D eigenvalue weighted by atomic mass is 79.9. The van der Waals surface area contributed by atoms with E-state index in [9.17, 15) is 19.8 Å². The van der Waals surface area contributed by atoms with E-state index in [1.807, 2.05) is 30.5 Å². The number of likely N-dealkylation sites (tertiary alicyclic amines) is 1. The molecule has 1 aliphatic heterocycles. The number of nitrogens with one attached hydrogen (secondary N) is 1. The summed E-state index contributed by atoms with van der Waals surface area (Å²) < 4.78 is 6.09. The lowest BCUT2D eigenvalue weighted by Crippen LogP contribution is -2.31. The van der Waals surface area contributed by atoms with E-state index in [1.54, 1.807) is 36.4 Å². The van der Waals surface area contributed by atoms with Gasteiger partial charge in [-0.15, -0.1) is 0 Å². The number of aliphatic hydroxyl groups is 1. The number of benzene rings is 3. The number of aromatic nitrogens is 1. The number of amides is 1. The van der Waals surface area contributed by atoms with Gasteiger partial charge in [0.2, 0.25) is 0 Å². The van der Waals surface area contributed by atoms with Crippen molar-refractivity contribution < 1.29 is 24.5 Å². The number of nitrogens with zero attached hydrogens (tertiary/aromatic N) is 1. The highest BCUT2D eigenvalue weighted by molar-refractivity contribution is 9.10. The van der Waals surface area contributed by atoms with Crippen LogP contribution in [-0.2, 0) is 16.0 Å². The van der Waals surface area contributed by atoms with Gasteiger partial charge < -0.3 is 24.8 Å². The number of ketones is 1. The molecule has 1 atom stereocenters. The molecule has 3 aromatic carbocycles. The van der Waals surface area contributed by atoms with Crippen molar-refractivity contribution in [1.82, 2.24) is 9.88 Å². The molecule has 5 rings (SSSR count). The minimum atomic E-state index is -0.853. The van der Waals surface area contributed by atoms with Crippen molar-refractivity contribution in [2.75, 3.05) is 13.7 Å². The summed E-state index contributed by atoms with van der Waals surface area (Å²) in [6, 6.07) is 18.5. The topological polar surface area (TPSA) is 103 Å². The zero-order valence-electron chi connectivity index (χ0n) is 19.4. The van der Waals surface area contributed by atoms with Gasteiger partial charge in [-0.2, -0.15) is 0 Å². The van der Waals surface area contributed by atoms with Crippen molar-refractivity contribution in [3.63, 3.8) is 0 Å². The second-order valence-corrected chi connectivity index (χ2v) is 9.46. The van der Waals surface area contributed by atoms with E-state index >= 15 is 0 Å². The molecule has 4 aromatic rings. The minimum Gasteiger partial charge on any atom is -0.507 e. The fourth-order valence-electron chi connectivity index (χ4n) is 4.66. The maximum Gasteiger partial charge on any atom is 0.295 e. The first-order valence-corrected chi connectivity index (χ1v) is 12.1. The van der Waals surface area contributed by atoms with E-state index in [1.165, 1.54) is 18.1 Å². The van der Waals surface area contributed by atoms with E-state index in [0.29, 0.717) is 17.5 Å². The van der Waals surface area contributed by atoms with Crippen molar-refractivity contribution in [2.45, 2.75) is 12.5 Å². The number of hydrogen-bond donors (Lipinski definition) is 3. The SMILES string of the molecule is COc1cc(C2/C(=C(\O)c3ccc(Br)cc3)C(=O)C(=O)N2CCc2c[nH]c3ccccc23)ccc1O. The summed E-state index contributed by atoms with van der Waals surface area (Å²) in [6.07, 6.45) is 2.41. The number of methoxy groups -OCH3 is 1. The van der Waals surface area contributed by atoms with E-state index in [2.05, 4.69) is 20.9 Å². The maximum absolute atomic E-state index is 13.3. The van der Waals surface area contributed by atoms with Crippen molar-refractivity contribution >= 4 is 44.3 Å². The highest BCUT2D eigenvalue weighted by Crippen LogP contribution is 2.42. The molecule has 1 fully saturated rings. The molecule has 1 unspecified atom stereocenters. The third kappa shape index (κ3) is 4.13. The number of aliphatic hydroxyl groups excluding tert-OH is 1. The molecule has 0 saturated carbocycles. The zero-order chi connectivity index (χ0) is 25.4. The highest BCUT2D eigenvalue weighted by Gasteiger charge is 2.46. The molecule has 36 heavy (non-hydrogen) atoms. The predicted molar refractivity (Wildman–Crippen MR) is 140 cm³/mol. The second-order valence-electron chi connectivity index (χ2n) is 8.54. The van der Waals surface area contributed by atoms with Crippen molar-refractivity contribution in [3.05, 3.63) is 99.7 Å². The van der Waals surface area contributed by atoms with Gasteiger partial charge in [0.25, 0.3) is 11.7 Å². The Morgan fingerprint density at radius 1 is 1.08 bits per heavy atom. The molecule has 1 aliphatic rings. The van der Waals surface area contributed by atoms with Gasteiger partial charge in [0.1, 0.15) is 5.76 Å². The molecule has 8 heteroatoms. The normalized spacial score (nSPS) is 17.2. The number of carbonyl (C=O) groups is 2. The van der Waals surface area contributed by atoms with Crippen molar-refractivity contribution in [1.29, 1.82) is 0 Å². The van der Waals surface area contributed by atoms with Gasteiger partial charge in [0.15, 0.2) is 11.5 Å². The molecule has 3 N–H and O–H groups in total. The quantitative estimate of drug-likeness (QED) is 0.173. The van der Waals surface area contributed by atoms with Gasteiger partial charge in [-0.05, 0) is 47.9 Å². The number of phenols is 1. The van der Waals surface area contributed by atoms with Crippen LogP contribution >= 0.6 is 15.9 Å². The molecule has 0 bridgehead atoms. The number of carbonyl (C=O) groups excluding carboxylic acids is 2. The molecular weight excluding hydrogens is 524 g/mol. The monoisotopic (exact) mass is 546 g/mol. The molecule has 0 spiro atoms. The lowest BCUT2D eigenvalue weighted by molar-refractivity contribution is -0.139. The number of fused-ring (bicyclic) bond motifs is 1. The van der Waals surface area contributed by atoms with E-state index in [-0.39, 0.29) is 29.4 Å². The van der Waals surface area contributed by atoms with Crippen LogP contribution < -0.4 is 4.74 Å². The number of aromatic hydroxyl groups is 1. The van der Waals surface area contributed by atoms with E-state index < -0.39 is 17.7 Å². The molecule has 7 nitrogen and oxygen atoms in total. The molecule has 0 aliphatic carbocycles. The molecular formula is C28H23BrN2O5. The summed E-state index contributed by atoms with van der Waals surface area (Å²) in [5, 5.41) is 22.4. The number of aromatic amines is 1. The average Bonchev–Trinajstić information content (AvgIpc) is 3.41. The number of H-pyrrole nitrogens is 1. The Morgan fingerprint density at radius 3 is 2.58 bits per heavy atom. The lowest BCUT2D eigenvalue weighted by Gasteiger charge is -2.25. The number of rotatable bonds is 6. The second kappa shape index (κ2) is 9.54. The van der Waals surface area contributed by atoms with Crippen LogP contribution in [0.5, 0.6) is 11.5 Å². The number of halogens is 1. The van der Waals surface area contributed by atoms with Crippen LogP contribution in [-0.4, -0.2) is 45.4 Å². The molecule has 1 saturated heterocycles. The molecule has 0 radical (unpaired) electrons. The molecule has 1 amide bonds. The van der Waals surface area contributed by atoms with Gasteiger partial charge >= 0.3 is 0 Å². The summed E-state index contributed by atoms with van der Waals surface area (Å²) in [5.41, 5.74) is 2.96. The van der Waals surface area contributed by atoms with Crippen LogP contribution in [0.25, 0.3) is 16.7 Å². The summed E-state index contributed by atoms with van der Waals surface area (Å²) >= 11 is 3.37. The fraction of sp³-hybridized carbons (Fsp3) is 0.143. The molecule has 182 valence electrons. The van der Waals surface area contributed by atoms with Crippen LogP contribution in [0.1, 0.15) is 22.7 Å². The third-order valence-corrected chi connectivity index (χ3v) is 7.00. The Hall–Kier alpha value is -4.04. The average molecular weight is 547 g/mol. The van der Waals surface area contributed by atoms with Crippen molar-refractivity contribution in [3.8, 4) is 11.5 Å². The number of hydrogen-bond acceptors (Lipinski definition) is 5. The Kier molecular flexibility index (Phi) is 6.28. The first-order valence-electron chi connectivity index (χ1n) is 11.3. The van der Waals surface area contributed by atoms with Gasteiger partial charge in [-0.1, -0.05) is 52.3 Å². The van der Waals surface area contributed by atoms with Gasteiger partial charge in [0.05, 0.1) is 18.7 Å². The minimum absolute atomic E-state index is 0.00556. The molecule has 2 heterocycles. The lowest BCUT2D eigenvalue weighted by atomic mass is 9.95. The van der Waals surface area contributed by atoms with Crippen LogP contribution in [0.2, 0.25) is 0 Å². The largest absolute Gasteiger partial charge is 0.507 e.